The molecule has 0 amide bonds. The molecule has 0 N–H and O–H groups in total. The van der Waals surface area contributed by atoms with Crippen LogP contribution in [-0.4, -0.2) is 14.3 Å². The molecule has 0 bridgehead atoms. The van der Waals surface area contributed by atoms with Gasteiger partial charge in [0.25, 0.3) is 0 Å². The van der Waals surface area contributed by atoms with Gasteiger partial charge in [-0.3, -0.25) is 14.0 Å². The number of hydrogen-bond donors (Lipinski definition) is 0. The molecule has 8 heteroatoms. The molecular weight excluding hydrogens is 276 g/mol. The zero-order chi connectivity index (χ0) is 15.0. The Morgan fingerprint density at radius 3 is 2.62 bits per heavy atom. The van der Waals surface area contributed by atoms with Crippen molar-refractivity contribution >= 4 is 11.2 Å². The lowest BCUT2D eigenvalue weighted by molar-refractivity contribution is -0.782. The van der Waals surface area contributed by atoms with Gasteiger partial charge in [0.1, 0.15) is 0 Å². The molecule has 0 aliphatic heterocycles. The van der Waals surface area contributed by atoms with Crippen molar-refractivity contribution in [1.82, 2.24) is 14.3 Å². The maximum atomic E-state index is 12.4. The van der Waals surface area contributed by atoms with E-state index in [0.29, 0.717) is 0 Å². The molecule has 3 rings (SSSR count). The highest BCUT2D eigenvalue weighted by Gasteiger charge is 2.23. The van der Waals surface area contributed by atoms with E-state index < -0.39 is 11.2 Å². The quantitative estimate of drug-likeness (QED) is 0.624. The molecule has 0 saturated carbocycles. The molecule has 2 aromatic heterocycles. The van der Waals surface area contributed by atoms with E-state index in [1.165, 1.54) is 4.57 Å². The van der Waals surface area contributed by atoms with Crippen LogP contribution in [0.5, 0.6) is 0 Å². The average Bonchev–Trinajstić information content (AvgIpc) is 2.87. The van der Waals surface area contributed by atoms with E-state index in [4.69, 9.17) is 0 Å². The fourth-order valence-corrected chi connectivity index (χ4v) is 2.23. The SMILES string of the molecule is CCn1c(=O)c2c(no[n+]2[O-])n(Cc2ccccc2)c1=O. The largest absolute Gasteiger partial charge is 0.359 e. The van der Waals surface area contributed by atoms with Gasteiger partial charge >= 0.3 is 22.4 Å². The first-order valence-electron chi connectivity index (χ1n) is 6.40. The second-order valence-corrected chi connectivity index (χ2v) is 4.51. The molecule has 2 heterocycles. The molecule has 0 atom stereocenters. The molecule has 108 valence electrons. The first-order valence-corrected chi connectivity index (χ1v) is 6.40. The van der Waals surface area contributed by atoms with Gasteiger partial charge in [-0.05, 0) is 17.4 Å². The molecule has 0 unspecified atom stereocenters. The van der Waals surface area contributed by atoms with Crippen LogP contribution in [-0.2, 0) is 13.1 Å². The van der Waals surface area contributed by atoms with Crippen molar-refractivity contribution in [2.75, 3.05) is 0 Å². The van der Waals surface area contributed by atoms with Gasteiger partial charge < -0.3 is 5.21 Å². The summed E-state index contributed by atoms with van der Waals surface area (Å²) in [5.74, 6) is 0. The number of benzene rings is 1. The van der Waals surface area contributed by atoms with Gasteiger partial charge in [0.05, 0.1) is 11.7 Å². The Labute approximate surface area is 118 Å². The number of aromatic nitrogens is 4. The fraction of sp³-hybridized carbons (Fsp3) is 0.231. The topological polar surface area (TPSA) is 97.0 Å². The molecule has 8 nitrogen and oxygen atoms in total. The van der Waals surface area contributed by atoms with Crippen molar-refractivity contribution in [3.8, 4) is 0 Å². The molecule has 0 saturated heterocycles. The van der Waals surface area contributed by atoms with E-state index in [1.54, 1.807) is 6.92 Å². The Morgan fingerprint density at radius 2 is 1.95 bits per heavy atom. The highest BCUT2D eigenvalue weighted by atomic mass is 16.8. The lowest BCUT2D eigenvalue weighted by Gasteiger charge is -2.07. The van der Waals surface area contributed by atoms with Gasteiger partial charge in [-0.25, -0.2) is 9.36 Å². The third-order valence-corrected chi connectivity index (χ3v) is 3.26. The van der Waals surface area contributed by atoms with E-state index in [2.05, 4.69) is 9.79 Å². The Hall–Kier alpha value is -2.90. The van der Waals surface area contributed by atoms with E-state index in [1.807, 2.05) is 30.3 Å². The monoisotopic (exact) mass is 288 g/mol. The number of nitrogens with zero attached hydrogens (tertiary/aromatic N) is 4. The van der Waals surface area contributed by atoms with E-state index >= 15 is 0 Å². The van der Waals surface area contributed by atoms with Crippen LogP contribution in [0, 0.1) is 5.21 Å². The number of rotatable bonds is 3. The summed E-state index contributed by atoms with van der Waals surface area (Å²) in [5, 5.41) is 15.1. The van der Waals surface area contributed by atoms with Gasteiger partial charge in [0.2, 0.25) is 0 Å². The molecular formula is C13H12N4O4. The Morgan fingerprint density at radius 1 is 1.24 bits per heavy atom. The zero-order valence-electron chi connectivity index (χ0n) is 11.2. The first-order chi connectivity index (χ1) is 10.1. The summed E-state index contributed by atoms with van der Waals surface area (Å²) in [5.41, 5.74) is -0.686. The lowest BCUT2D eigenvalue weighted by atomic mass is 10.2. The zero-order valence-corrected chi connectivity index (χ0v) is 11.2. The second-order valence-electron chi connectivity index (χ2n) is 4.51. The smallest absolute Gasteiger partial charge is 0.334 e. The van der Waals surface area contributed by atoms with Crippen molar-refractivity contribution in [3.05, 3.63) is 61.9 Å². The maximum Gasteiger partial charge on any atom is 0.334 e. The number of hydrogen-bond acceptors (Lipinski definition) is 5. The highest BCUT2D eigenvalue weighted by molar-refractivity contribution is 5.64. The maximum absolute atomic E-state index is 12.4. The van der Waals surface area contributed by atoms with Gasteiger partial charge in [0.15, 0.2) is 0 Å². The van der Waals surface area contributed by atoms with Crippen molar-refractivity contribution < 1.29 is 9.53 Å². The van der Waals surface area contributed by atoms with Crippen molar-refractivity contribution in [2.24, 2.45) is 0 Å². The molecule has 0 aliphatic rings. The van der Waals surface area contributed by atoms with Crippen LogP contribution in [0.15, 0.2) is 44.5 Å². The minimum atomic E-state index is -0.696. The third kappa shape index (κ3) is 2.00. The predicted octanol–water partition coefficient (Wildman–Crippen LogP) is -0.147. The average molecular weight is 288 g/mol. The first kappa shape index (κ1) is 13.1. The van der Waals surface area contributed by atoms with Crippen molar-refractivity contribution in [1.29, 1.82) is 0 Å². The molecule has 3 aromatic rings. The number of fused-ring (bicyclic) bond motifs is 1. The molecule has 21 heavy (non-hydrogen) atoms. The van der Waals surface area contributed by atoms with Gasteiger partial charge in [-0.1, -0.05) is 30.3 Å². The van der Waals surface area contributed by atoms with Crippen LogP contribution in [0.1, 0.15) is 12.5 Å². The predicted molar refractivity (Wildman–Crippen MR) is 72.7 cm³/mol. The van der Waals surface area contributed by atoms with E-state index in [9.17, 15) is 14.8 Å². The van der Waals surface area contributed by atoms with Crippen LogP contribution in [0.3, 0.4) is 0 Å². The molecule has 0 spiro atoms. The van der Waals surface area contributed by atoms with E-state index in [0.717, 1.165) is 10.1 Å². The van der Waals surface area contributed by atoms with E-state index in [-0.39, 0.29) is 29.2 Å². The lowest BCUT2D eigenvalue weighted by Crippen LogP contribution is -2.43. The summed E-state index contributed by atoms with van der Waals surface area (Å²) < 4.78 is 6.71. The second kappa shape index (κ2) is 4.89. The van der Waals surface area contributed by atoms with Crippen LogP contribution in [0.2, 0.25) is 0 Å². The summed E-state index contributed by atoms with van der Waals surface area (Å²) in [6, 6.07) is 9.21. The van der Waals surface area contributed by atoms with Crippen LogP contribution >= 0.6 is 0 Å². The summed E-state index contributed by atoms with van der Waals surface area (Å²) >= 11 is 0. The molecule has 0 radical (unpaired) electrons. The van der Waals surface area contributed by atoms with Crippen molar-refractivity contribution in [3.63, 3.8) is 0 Å². The Bertz CT molecular complexity index is 908. The van der Waals surface area contributed by atoms with Gasteiger partial charge in [-0.15, -0.1) is 0 Å². The van der Waals surface area contributed by atoms with Crippen LogP contribution < -0.4 is 16.2 Å². The summed E-state index contributed by atoms with van der Waals surface area (Å²) in [6.07, 6.45) is 0. The Kier molecular flexibility index (Phi) is 3.05. The van der Waals surface area contributed by atoms with Crippen LogP contribution in [0.25, 0.3) is 11.2 Å². The van der Waals surface area contributed by atoms with Crippen molar-refractivity contribution in [2.45, 2.75) is 20.0 Å². The summed E-state index contributed by atoms with van der Waals surface area (Å²) in [4.78, 5) is 24.5. The molecule has 0 fully saturated rings. The molecule has 0 aliphatic carbocycles. The van der Waals surface area contributed by atoms with Crippen LogP contribution in [0.4, 0.5) is 0 Å². The summed E-state index contributed by atoms with van der Waals surface area (Å²) in [7, 11) is 0. The minimum Gasteiger partial charge on any atom is -0.359 e. The standard InChI is InChI=1S/C13H12N4O4/c1-2-15-12(18)10-11(14-21-17(10)20)16(13(15)19)8-9-6-4-3-5-7-9/h3-7H,2,8H2,1H3. The summed E-state index contributed by atoms with van der Waals surface area (Å²) in [6.45, 7) is 2.01. The minimum absolute atomic E-state index is 0.0325. The van der Waals surface area contributed by atoms with Gasteiger partial charge in [-0.2, -0.15) is 0 Å². The molecule has 1 aromatic carbocycles. The highest BCUT2D eigenvalue weighted by Crippen LogP contribution is 2.05. The van der Waals surface area contributed by atoms with Gasteiger partial charge in [0, 0.05) is 6.54 Å². The third-order valence-electron chi connectivity index (χ3n) is 3.26. The normalized spacial score (nSPS) is 11.1. The fourth-order valence-electron chi connectivity index (χ4n) is 2.23. The Balaban J connectivity index is 2.31.